The van der Waals surface area contributed by atoms with E-state index >= 15 is 0 Å². The summed E-state index contributed by atoms with van der Waals surface area (Å²) in [6.45, 7) is 4.70. The molecule has 0 aliphatic carbocycles. The van der Waals surface area contributed by atoms with Crippen LogP contribution >= 0.6 is 11.3 Å². The van der Waals surface area contributed by atoms with E-state index in [1.807, 2.05) is 17.5 Å². The Morgan fingerprint density at radius 2 is 2.26 bits per heavy atom. The summed E-state index contributed by atoms with van der Waals surface area (Å²) in [4.78, 5) is 1.37. The van der Waals surface area contributed by atoms with Crippen LogP contribution in [-0.2, 0) is 16.6 Å². The summed E-state index contributed by atoms with van der Waals surface area (Å²) in [6, 6.07) is 1.72. The lowest BCUT2D eigenvalue weighted by Gasteiger charge is -2.22. The predicted molar refractivity (Wildman–Crippen MR) is 78.8 cm³/mol. The molecule has 1 N–H and O–H groups in total. The Bertz CT molecular complexity index is 535. The van der Waals surface area contributed by atoms with Gasteiger partial charge >= 0.3 is 0 Å². The summed E-state index contributed by atoms with van der Waals surface area (Å²) in [5, 5.41) is 5.12. The first-order chi connectivity index (χ1) is 9.16. The predicted octanol–water partition coefficient (Wildman–Crippen LogP) is 2.20. The fourth-order valence-electron chi connectivity index (χ4n) is 2.04. The molecule has 0 amide bonds. The van der Waals surface area contributed by atoms with Gasteiger partial charge in [0, 0.05) is 24.5 Å². The van der Waals surface area contributed by atoms with Crippen LogP contribution in [0.3, 0.4) is 0 Å². The lowest BCUT2D eigenvalue weighted by atomic mass is 10.3. The molecule has 0 atom stereocenters. The molecule has 2 heterocycles. The Morgan fingerprint density at radius 1 is 1.42 bits per heavy atom. The molecule has 4 nitrogen and oxygen atoms in total. The molecule has 0 radical (unpaired) electrons. The number of sulfonamides is 1. The molecule has 6 heteroatoms. The number of nitrogens with one attached hydrogen (secondary N) is 1. The van der Waals surface area contributed by atoms with E-state index in [4.69, 9.17) is 0 Å². The zero-order valence-electron chi connectivity index (χ0n) is 11.1. The van der Waals surface area contributed by atoms with Crippen molar-refractivity contribution in [3.8, 4) is 0 Å². The first-order valence-electron chi connectivity index (χ1n) is 6.58. The number of hydrogen-bond acceptors (Lipinski definition) is 4. The smallest absolute Gasteiger partial charge is 0.244 e. The van der Waals surface area contributed by atoms with Crippen LogP contribution in [0.5, 0.6) is 0 Å². The molecule has 1 aromatic heterocycles. The number of nitrogens with zero attached hydrogens (tertiary/aromatic N) is 1. The lowest BCUT2D eigenvalue weighted by Crippen LogP contribution is -2.34. The normalized spacial score (nSPS) is 16.9. The molecule has 0 spiro atoms. The van der Waals surface area contributed by atoms with Gasteiger partial charge in [0.15, 0.2) is 0 Å². The van der Waals surface area contributed by atoms with Gasteiger partial charge in [0.25, 0.3) is 0 Å². The number of thiophene rings is 1. The van der Waals surface area contributed by atoms with Crippen LogP contribution < -0.4 is 5.32 Å². The summed E-state index contributed by atoms with van der Waals surface area (Å²) in [7, 11) is -3.33. The highest BCUT2D eigenvalue weighted by molar-refractivity contribution is 7.89. The van der Waals surface area contributed by atoms with Crippen LogP contribution in [0, 0.1) is 0 Å². The molecule has 19 heavy (non-hydrogen) atoms. The summed E-state index contributed by atoms with van der Waals surface area (Å²) in [6.07, 6.45) is 5.79. The molecule has 106 valence electrons. The van der Waals surface area contributed by atoms with Crippen LogP contribution in [0.15, 0.2) is 28.5 Å². The summed E-state index contributed by atoms with van der Waals surface area (Å²) >= 11 is 1.50. The Morgan fingerprint density at radius 3 is 2.95 bits per heavy atom. The molecule has 0 fully saturated rings. The van der Waals surface area contributed by atoms with Crippen molar-refractivity contribution in [1.82, 2.24) is 9.62 Å². The summed E-state index contributed by atoms with van der Waals surface area (Å²) in [5.74, 6) is 0. The van der Waals surface area contributed by atoms with E-state index in [2.05, 4.69) is 12.2 Å². The van der Waals surface area contributed by atoms with E-state index in [0.29, 0.717) is 24.5 Å². The van der Waals surface area contributed by atoms with E-state index in [-0.39, 0.29) is 0 Å². The first-order valence-corrected chi connectivity index (χ1v) is 8.90. The van der Waals surface area contributed by atoms with Crippen LogP contribution in [0.2, 0.25) is 0 Å². The highest BCUT2D eigenvalue weighted by Gasteiger charge is 2.27. The molecule has 0 bridgehead atoms. The van der Waals surface area contributed by atoms with Gasteiger partial charge in [0.1, 0.15) is 0 Å². The van der Waals surface area contributed by atoms with E-state index in [9.17, 15) is 8.42 Å². The van der Waals surface area contributed by atoms with Gasteiger partial charge in [-0.2, -0.15) is 4.31 Å². The highest BCUT2D eigenvalue weighted by Crippen LogP contribution is 2.26. The Kier molecular flexibility index (Phi) is 5.15. The third-order valence-electron chi connectivity index (χ3n) is 3.06. The van der Waals surface area contributed by atoms with Crippen molar-refractivity contribution in [3.63, 3.8) is 0 Å². The first kappa shape index (κ1) is 14.7. The second kappa shape index (κ2) is 6.65. The average molecular weight is 300 g/mol. The van der Waals surface area contributed by atoms with Crippen LogP contribution in [0.25, 0.3) is 0 Å². The summed E-state index contributed by atoms with van der Waals surface area (Å²) < 4.78 is 26.7. The molecule has 0 saturated heterocycles. The third-order valence-corrected chi connectivity index (χ3v) is 6.06. The van der Waals surface area contributed by atoms with E-state index in [1.165, 1.54) is 11.3 Å². The van der Waals surface area contributed by atoms with E-state index < -0.39 is 10.0 Å². The molecule has 0 saturated carbocycles. The maximum Gasteiger partial charge on any atom is 0.244 e. The van der Waals surface area contributed by atoms with Gasteiger partial charge < -0.3 is 5.32 Å². The lowest BCUT2D eigenvalue weighted by molar-refractivity contribution is 0.437. The monoisotopic (exact) mass is 300 g/mol. The van der Waals surface area contributed by atoms with Crippen molar-refractivity contribution in [3.05, 3.63) is 28.5 Å². The maximum absolute atomic E-state index is 12.6. The third kappa shape index (κ3) is 3.45. The molecule has 2 rings (SSSR count). The molecule has 0 unspecified atom stereocenters. The van der Waals surface area contributed by atoms with Gasteiger partial charge in [-0.3, -0.25) is 0 Å². The van der Waals surface area contributed by atoms with Gasteiger partial charge in [0.05, 0.1) is 4.90 Å². The van der Waals surface area contributed by atoms with Crippen molar-refractivity contribution in [2.75, 3.05) is 19.6 Å². The highest BCUT2D eigenvalue weighted by atomic mass is 32.2. The fourth-order valence-corrected chi connectivity index (χ4v) is 4.83. The minimum atomic E-state index is -3.33. The zero-order valence-corrected chi connectivity index (χ0v) is 12.8. The van der Waals surface area contributed by atoms with Crippen molar-refractivity contribution in [2.24, 2.45) is 0 Å². The average Bonchev–Trinajstić information content (AvgIpc) is 2.89. The minimum absolute atomic E-state index is 0.469. The molecule has 0 aromatic carbocycles. The topological polar surface area (TPSA) is 49.4 Å². The van der Waals surface area contributed by atoms with Crippen molar-refractivity contribution in [1.29, 1.82) is 0 Å². The van der Waals surface area contributed by atoms with Crippen molar-refractivity contribution in [2.45, 2.75) is 31.2 Å². The van der Waals surface area contributed by atoms with Gasteiger partial charge in [-0.25, -0.2) is 8.42 Å². The van der Waals surface area contributed by atoms with Crippen molar-refractivity contribution >= 4 is 21.4 Å². The molecule has 1 aromatic rings. The van der Waals surface area contributed by atoms with Gasteiger partial charge in [-0.15, -0.1) is 11.3 Å². The maximum atomic E-state index is 12.6. The summed E-state index contributed by atoms with van der Waals surface area (Å²) in [5.41, 5.74) is 0. The van der Waals surface area contributed by atoms with Gasteiger partial charge in [-0.05, 0) is 30.8 Å². The van der Waals surface area contributed by atoms with E-state index in [1.54, 1.807) is 10.4 Å². The number of rotatable bonds is 6. The SMILES string of the molecule is CCCNCc1sccc1S(=O)(=O)N1CC=CCC1. The fraction of sp³-hybridized carbons (Fsp3) is 0.538. The molecule has 1 aliphatic heterocycles. The molecular weight excluding hydrogens is 280 g/mol. The van der Waals surface area contributed by atoms with E-state index in [0.717, 1.165) is 24.3 Å². The second-order valence-electron chi connectivity index (χ2n) is 4.51. The van der Waals surface area contributed by atoms with Gasteiger partial charge in [-0.1, -0.05) is 19.1 Å². The zero-order chi connectivity index (χ0) is 13.7. The molecule has 1 aliphatic rings. The van der Waals surface area contributed by atoms with Crippen LogP contribution in [0.1, 0.15) is 24.6 Å². The minimum Gasteiger partial charge on any atom is -0.312 e. The molecular formula is C13H20N2O2S2. The van der Waals surface area contributed by atoms with Crippen LogP contribution in [-0.4, -0.2) is 32.4 Å². The van der Waals surface area contributed by atoms with Crippen molar-refractivity contribution < 1.29 is 8.42 Å². The van der Waals surface area contributed by atoms with Crippen LogP contribution in [0.4, 0.5) is 0 Å². The standard InChI is InChI=1S/C13H20N2O2S2/c1-2-7-14-11-12-13(6-10-18-12)19(16,17)15-8-4-3-5-9-15/h3-4,6,10,14H,2,5,7-9,11H2,1H3. The number of hydrogen-bond donors (Lipinski definition) is 1. The Hall–Kier alpha value is -0.690. The quantitative estimate of drug-likeness (QED) is 0.647. The second-order valence-corrected chi connectivity index (χ2v) is 7.41. The largest absolute Gasteiger partial charge is 0.312 e. The Balaban J connectivity index is 2.16. The Labute approximate surface area is 119 Å². The van der Waals surface area contributed by atoms with Gasteiger partial charge in [0.2, 0.25) is 10.0 Å².